The maximum atomic E-state index is 13.4. The number of halogens is 4. The van der Waals surface area contributed by atoms with Crippen LogP contribution in [-0.4, -0.2) is 14.4 Å². The lowest BCUT2D eigenvalue weighted by atomic mass is 10.2. The van der Waals surface area contributed by atoms with Crippen molar-refractivity contribution >= 4 is 66.4 Å². The molecule has 0 saturated carbocycles. The van der Waals surface area contributed by atoms with Crippen LogP contribution in [-0.2, 0) is 15.6 Å². The number of anilines is 2. The molecule has 0 heterocycles. The molecule has 0 spiro atoms. The van der Waals surface area contributed by atoms with E-state index in [1.54, 1.807) is 43.3 Å². The first kappa shape index (κ1) is 23.5. The van der Waals surface area contributed by atoms with E-state index in [-0.39, 0.29) is 31.5 Å². The molecule has 0 aliphatic rings. The van der Waals surface area contributed by atoms with Gasteiger partial charge in [0.25, 0.3) is 0 Å². The second-order valence-corrected chi connectivity index (χ2v) is 10.3. The molecule has 162 valence electrons. The average molecular weight is 546 g/mol. The highest BCUT2D eigenvalue weighted by Crippen LogP contribution is 2.32. The molecule has 0 aliphatic carbocycles. The van der Waals surface area contributed by atoms with Crippen molar-refractivity contribution in [1.82, 2.24) is 0 Å². The van der Waals surface area contributed by atoms with E-state index < -0.39 is 21.7 Å². The summed E-state index contributed by atoms with van der Waals surface area (Å²) >= 11 is 15.0. The van der Waals surface area contributed by atoms with Gasteiger partial charge >= 0.3 is 6.03 Å². The molecule has 0 saturated heterocycles. The average Bonchev–Trinajstić information content (AvgIpc) is 2.68. The molecular weight excluding hydrogens is 530 g/mol. The fourth-order valence-electron chi connectivity index (χ4n) is 2.83. The fourth-order valence-corrected chi connectivity index (χ4v) is 5.50. The number of rotatable bonds is 5. The molecule has 2 amide bonds. The second kappa shape index (κ2) is 9.56. The summed E-state index contributed by atoms with van der Waals surface area (Å²) in [5.74, 6) is -0.768. The Balaban J connectivity index is 1.80. The number of nitrogens with one attached hydrogen (secondary N) is 2. The largest absolute Gasteiger partial charge is 0.323 e. The molecule has 5 nitrogen and oxygen atoms in total. The molecule has 3 rings (SSSR count). The first-order valence-electron chi connectivity index (χ1n) is 8.85. The van der Waals surface area contributed by atoms with E-state index in [9.17, 15) is 17.6 Å². The molecule has 31 heavy (non-hydrogen) atoms. The molecule has 2 N–H and O–H groups in total. The van der Waals surface area contributed by atoms with Crippen LogP contribution in [0.15, 0.2) is 64.0 Å². The van der Waals surface area contributed by atoms with Gasteiger partial charge in [0.15, 0.2) is 9.84 Å². The molecule has 0 unspecified atom stereocenters. The van der Waals surface area contributed by atoms with E-state index in [4.69, 9.17) is 23.2 Å². The van der Waals surface area contributed by atoms with Gasteiger partial charge in [0.1, 0.15) is 5.82 Å². The van der Waals surface area contributed by atoms with E-state index in [0.717, 1.165) is 12.1 Å². The van der Waals surface area contributed by atoms with Crippen LogP contribution in [0.4, 0.5) is 20.6 Å². The summed E-state index contributed by atoms with van der Waals surface area (Å²) < 4.78 is 39.5. The zero-order valence-corrected chi connectivity index (χ0v) is 20.0. The van der Waals surface area contributed by atoms with E-state index in [1.807, 2.05) is 0 Å². The van der Waals surface area contributed by atoms with Gasteiger partial charge in [0.05, 0.1) is 21.4 Å². The Labute approximate surface area is 197 Å². The van der Waals surface area contributed by atoms with Gasteiger partial charge in [-0.1, -0.05) is 41.4 Å². The van der Waals surface area contributed by atoms with Crippen LogP contribution in [0.3, 0.4) is 0 Å². The summed E-state index contributed by atoms with van der Waals surface area (Å²) in [5.41, 5.74) is 1.59. The van der Waals surface area contributed by atoms with Crippen LogP contribution in [0.5, 0.6) is 0 Å². The Hall–Kier alpha value is -2.13. The summed E-state index contributed by atoms with van der Waals surface area (Å²) in [4.78, 5) is 12.5. The highest BCUT2D eigenvalue weighted by atomic mass is 79.9. The summed E-state index contributed by atoms with van der Waals surface area (Å²) in [6.45, 7) is 1.67. The number of hydrogen-bond donors (Lipinski definition) is 2. The third-order valence-electron chi connectivity index (χ3n) is 4.30. The minimum atomic E-state index is -3.68. The molecule has 0 aliphatic heterocycles. The molecule has 0 aromatic heterocycles. The van der Waals surface area contributed by atoms with Gasteiger partial charge in [0.2, 0.25) is 0 Å². The molecule has 0 radical (unpaired) electrons. The highest BCUT2D eigenvalue weighted by Gasteiger charge is 2.19. The Morgan fingerprint density at radius 2 is 1.71 bits per heavy atom. The topological polar surface area (TPSA) is 75.3 Å². The molecular formula is C21H16BrCl2FN2O3S. The van der Waals surface area contributed by atoms with Crippen LogP contribution in [0.25, 0.3) is 0 Å². The van der Waals surface area contributed by atoms with Crippen LogP contribution >= 0.6 is 39.1 Å². The molecule has 0 bridgehead atoms. The quantitative estimate of drug-likeness (QED) is 0.369. The number of urea groups is 1. The van der Waals surface area contributed by atoms with Crippen LogP contribution < -0.4 is 10.6 Å². The standard InChI is InChI=1S/C21H16BrCl2FN2O3S/c1-12-2-7-16(26-21(28)27-20-17(22)8-15(25)9-18(20)24)10-19(12)31(29,30)11-13-3-5-14(23)6-4-13/h2-10H,11H2,1H3,(H2,26,27,28). The van der Waals surface area contributed by atoms with Crippen molar-refractivity contribution in [1.29, 1.82) is 0 Å². The molecule has 3 aromatic carbocycles. The monoisotopic (exact) mass is 544 g/mol. The summed E-state index contributed by atoms with van der Waals surface area (Å²) in [6, 6.07) is 12.7. The minimum absolute atomic E-state index is 0.0113. The van der Waals surface area contributed by atoms with E-state index in [0.29, 0.717) is 16.1 Å². The number of amides is 2. The highest BCUT2D eigenvalue weighted by molar-refractivity contribution is 9.10. The summed E-state index contributed by atoms with van der Waals surface area (Å²) in [5, 5.41) is 5.61. The predicted octanol–water partition coefficient (Wildman–Crippen LogP) is 6.82. The van der Waals surface area contributed by atoms with Crippen LogP contribution in [0.1, 0.15) is 11.1 Å². The van der Waals surface area contributed by atoms with Gasteiger partial charge in [0, 0.05) is 15.2 Å². The van der Waals surface area contributed by atoms with Gasteiger partial charge < -0.3 is 10.6 Å². The molecule has 0 atom stereocenters. The number of sulfone groups is 1. The minimum Gasteiger partial charge on any atom is -0.308 e. The van der Waals surface area contributed by atoms with Gasteiger partial charge in [-0.15, -0.1) is 0 Å². The lowest BCUT2D eigenvalue weighted by Gasteiger charge is -2.13. The lowest BCUT2D eigenvalue weighted by Crippen LogP contribution is -2.20. The molecule has 10 heteroatoms. The predicted molar refractivity (Wildman–Crippen MR) is 125 cm³/mol. The Bertz CT molecular complexity index is 1230. The van der Waals surface area contributed by atoms with Gasteiger partial charge in [-0.25, -0.2) is 17.6 Å². The van der Waals surface area contributed by atoms with Crippen molar-refractivity contribution in [3.63, 3.8) is 0 Å². The maximum Gasteiger partial charge on any atom is 0.323 e. The zero-order chi connectivity index (χ0) is 22.8. The number of aryl methyl sites for hydroxylation is 1. The van der Waals surface area contributed by atoms with Crippen molar-refractivity contribution in [2.45, 2.75) is 17.6 Å². The Morgan fingerprint density at radius 3 is 2.35 bits per heavy atom. The van der Waals surface area contributed by atoms with E-state index in [2.05, 4.69) is 26.6 Å². The van der Waals surface area contributed by atoms with Gasteiger partial charge in [-0.3, -0.25) is 0 Å². The number of hydrogen-bond acceptors (Lipinski definition) is 3. The zero-order valence-electron chi connectivity index (χ0n) is 16.0. The normalized spacial score (nSPS) is 11.3. The lowest BCUT2D eigenvalue weighted by molar-refractivity contribution is 0.262. The Morgan fingerprint density at radius 1 is 1.03 bits per heavy atom. The van der Waals surface area contributed by atoms with E-state index >= 15 is 0 Å². The first-order chi connectivity index (χ1) is 14.5. The Kier molecular flexibility index (Phi) is 7.26. The second-order valence-electron chi connectivity index (χ2n) is 6.69. The van der Waals surface area contributed by atoms with E-state index in [1.165, 1.54) is 6.07 Å². The molecule has 0 fully saturated rings. The maximum absolute atomic E-state index is 13.4. The van der Waals surface area contributed by atoms with Gasteiger partial charge in [-0.2, -0.15) is 0 Å². The van der Waals surface area contributed by atoms with Crippen molar-refractivity contribution in [3.8, 4) is 0 Å². The number of benzene rings is 3. The smallest absolute Gasteiger partial charge is 0.308 e. The first-order valence-corrected chi connectivity index (χ1v) is 12.1. The third kappa shape index (κ3) is 5.98. The van der Waals surface area contributed by atoms with Crippen LogP contribution in [0, 0.1) is 12.7 Å². The SMILES string of the molecule is Cc1ccc(NC(=O)Nc2c(Cl)cc(F)cc2Br)cc1S(=O)(=O)Cc1ccc(Cl)cc1. The number of carbonyl (C=O) groups excluding carboxylic acids is 1. The van der Waals surface area contributed by atoms with Crippen molar-refractivity contribution in [2.75, 3.05) is 10.6 Å². The van der Waals surface area contributed by atoms with Crippen molar-refractivity contribution < 1.29 is 17.6 Å². The van der Waals surface area contributed by atoms with Gasteiger partial charge in [-0.05, 0) is 70.4 Å². The van der Waals surface area contributed by atoms with Crippen LogP contribution in [0.2, 0.25) is 10.0 Å². The fraction of sp³-hybridized carbons (Fsp3) is 0.0952. The summed E-state index contributed by atoms with van der Waals surface area (Å²) in [6.07, 6.45) is 0. The van der Waals surface area contributed by atoms with Crippen molar-refractivity contribution in [2.24, 2.45) is 0 Å². The number of carbonyl (C=O) groups is 1. The molecule has 3 aromatic rings. The third-order valence-corrected chi connectivity index (χ3v) is 7.30. The van der Waals surface area contributed by atoms with Crippen molar-refractivity contribution in [3.05, 3.63) is 86.1 Å². The summed E-state index contributed by atoms with van der Waals surface area (Å²) in [7, 11) is -3.68.